The van der Waals surface area contributed by atoms with Crippen molar-refractivity contribution in [1.82, 2.24) is 24.6 Å². The van der Waals surface area contributed by atoms with Gasteiger partial charge in [-0.25, -0.2) is 4.98 Å². The third kappa shape index (κ3) is 2.85. The topological polar surface area (TPSA) is 73.1 Å². The van der Waals surface area contributed by atoms with Crippen molar-refractivity contribution in [3.05, 3.63) is 41.7 Å². The molecule has 0 fully saturated rings. The van der Waals surface area contributed by atoms with Gasteiger partial charge in [-0.2, -0.15) is 5.10 Å². The van der Waals surface area contributed by atoms with Crippen LogP contribution in [0.5, 0.6) is 0 Å². The molecule has 2 aromatic heterocycles. The summed E-state index contributed by atoms with van der Waals surface area (Å²) in [5.41, 5.74) is 2.17. The predicted molar refractivity (Wildman–Crippen MR) is 79.2 cm³/mol. The normalized spacial score (nSPS) is 17.9. The lowest BCUT2D eigenvalue weighted by atomic mass is 10.1. The van der Waals surface area contributed by atoms with Crippen molar-refractivity contribution in [3.63, 3.8) is 0 Å². The average Bonchev–Trinajstić information content (AvgIpc) is 2.90. The number of hydrogen-bond acceptors (Lipinski definition) is 5. The highest BCUT2D eigenvalue weighted by molar-refractivity contribution is 5.92. The summed E-state index contributed by atoms with van der Waals surface area (Å²) < 4.78 is 7.23. The zero-order valence-corrected chi connectivity index (χ0v) is 12.8. The van der Waals surface area contributed by atoms with Crippen LogP contribution in [0.2, 0.25) is 0 Å². The fraction of sp³-hybridized carbons (Fsp3) is 0.467. The van der Waals surface area contributed by atoms with Crippen LogP contribution in [-0.4, -0.2) is 50.3 Å². The summed E-state index contributed by atoms with van der Waals surface area (Å²) in [5, 5.41) is 4.30. The summed E-state index contributed by atoms with van der Waals surface area (Å²) in [5.74, 6) is -0.121. The summed E-state index contributed by atoms with van der Waals surface area (Å²) in [6.45, 7) is 3.62. The Morgan fingerprint density at radius 2 is 2.27 bits per heavy atom. The Labute approximate surface area is 128 Å². The molecule has 22 heavy (non-hydrogen) atoms. The summed E-state index contributed by atoms with van der Waals surface area (Å²) >= 11 is 0. The van der Waals surface area contributed by atoms with E-state index in [1.54, 1.807) is 19.5 Å². The second kappa shape index (κ2) is 6.23. The molecule has 1 amide bonds. The minimum atomic E-state index is -0.121. The second-order valence-electron chi connectivity index (χ2n) is 5.42. The largest absolute Gasteiger partial charge is 0.383 e. The van der Waals surface area contributed by atoms with E-state index in [1.807, 2.05) is 22.6 Å². The Morgan fingerprint density at radius 3 is 3.00 bits per heavy atom. The first-order valence-corrected chi connectivity index (χ1v) is 7.28. The third-order valence-corrected chi connectivity index (χ3v) is 3.87. The SMILES string of the molecule is COC[C@@H]1CCn2nccc2CN1C(=O)c1cnc(C)cn1. The number of fused-ring (bicyclic) bond motifs is 1. The number of nitrogens with zero attached hydrogens (tertiary/aromatic N) is 5. The molecule has 0 spiro atoms. The van der Waals surface area contributed by atoms with E-state index in [4.69, 9.17) is 4.74 Å². The van der Waals surface area contributed by atoms with Gasteiger partial charge < -0.3 is 9.64 Å². The van der Waals surface area contributed by atoms with Crippen LogP contribution in [0, 0.1) is 6.92 Å². The third-order valence-electron chi connectivity index (χ3n) is 3.87. The molecule has 3 rings (SSSR count). The van der Waals surface area contributed by atoms with Gasteiger partial charge in [-0.05, 0) is 19.4 Å². The highest BCUT2D eigenvalue weighted by Crippen LogP contribution is 2.19. The van der Waals surface area contributed by atoms with E-state index in [0.717, 1.165) is 24.4 Å². The van der Waals surface area contributed by atoms with Gasteiger partial charge >= 0.3 is 0 Å². The number of aromatic nitrogens is 4. The quantitative estimate of drug-likeness (QED) is 0.847. The molecule has 0 saturated carbocycles. The van der Waals surface area contributed by atoms with Crippen molar-refractivity contribution in [3.8, 4) is 0 Å². The maximum absolute atomic E-state index is 12.8. The molecule has 0 unspecified atom stereocenters. The molecule has 1 aliphatic rings. The van der Waals surface area contributed by atoms with E-state index in [2.05, 4.69) is 15.1 Å². The number of amides is 1. The molecule has 0 bridgehead atoms. The van der Waals surface area contributed by atoms with Crippen molar-refractivity contribution in [2.24, 2.45) is 0 Å². The van der Waals surface area contributed by atoms with Crippen molar-refractivity contribution in [2.75, 3.05) is 13.7 Å². The highest BCUT2D eigenvalue weighted by Gasteiger charge is 2.29. The van der Waals surface area contributed by atoms with Crippen LogP contribution in [0.1, 0.15) is 28.3 Å². The molecule has 0 radical (unpaired) electrons. The number of methoxy groups -OCH3 is 1. The number of ether oxygens (including phenoxy) is 1. The molecule has 0 aromatic carbocycles. The van der Waals surface area contributed by atoms with E-state index in [9.17, 15) is 4.79 Å². The van der Waals surface area contributed by atoms with Crippen molar-refractivity contribution < 1.29 is 9.53 Å². The lowest BCUT2D eigenvalue weighted by molar-refractivity contribution is 0.0497. The number of carbonyl (C=O) groups is 1. The Morgan fingerprint density at radius 1 is 1.41 bits per heavy atom. The number of rotatable bonds is 3. The van der Waals surface area contributed by atoms with Crippen molar-refractivity contribution in [2.45, 2.75) is 32.5 Å². The molecular formula is C15H19N5O2. The Hall–Kier alpha value is -2.28. The van der Waals surface area contributed by atoms with Gasteiger partial charge in [-0.1, -0.05) is 0 Å². The van der Waals surface area contributed by atoms with E-state index < -0.39 is 0 Å². The molecule has 1 atom stereocenters. The van der Waals surface area contributed by atoms with E-state index in [0.29, 0.717) is 18.8 Å². The molecule has 0 N–H and O–H groups in total. The monoisotopic (exact) mass is 301 g/mol. The molecular weight excluding hydrogens is 282 g/mol. The standard InChI is InChI=1S/C15H19N5O2/c1-11-7-17-14(8-16-11)15(21)19-9-12-3-5-18-20(12)6-4-13(19)10-22-2/h3,5,7-8,13H,4,6,9-10H2,1-2H3/t13-/m0/s1. The summed E-state index contributed by atoms with van der Waals surface area (Å²) in [4.78, 5) is 23.0. The van der Waals surface area contributed by atoms with Crippen molar-refractivity contribution >= 4 is 5.91 Å². The van der Waals surface area contributed by atoms with Crippen LogP contribution in [0.3, 0.4) is 0 Å². The summed E-state index contributed by atoms with van der Waals surface area (Å²) in [7, 11) is 1.65. The van der Waals surface area contributed by atoms with Gasteiger partial charge in [0, 0.05) is 26.0 Å². The van der Waals surface area contributed by atoms with Gasteiger partial charge in [-0.15, -0.1) is 0 Å². The summed E-state index contributed by atoms with van der Waals surface area (Å²) in [6, 6.07) is 1.94. The van der Waals surface area contributed by atoms with Gasteiger partial charge in [0.1, 0.15) is 5.69 Å². The minimum absolute atomic E-state index is 0.00213. The fourth-order valence-corrected chi connectivity index (χ4v) is 2.68. The van der Waals surface area contributed by atoms with Crippen LogP contribution in [0.25, 0.3) is 0 Å². The van der Waals surface area contributed by atoms with Crippen LogP contribution in [0.4, 0.5) is 0 Å². The molecule has 1 aliphatic heterocycles. The zero-order chi connectivity index (χ0) is 15.5. The minimum Gasteiger partial charge on any atom is -0.383 e. The van der Waals surface area contributed by atoms with Crippen LogP contribution < -0.4 is 0 Å². The molecule has 0 aliphatic carbocycles. The van der Waals surface area contributed by atoms with Crippen LogP contribution in [0.15, 0.2) is 24.7 Å². The van der Waals surface area contributed by atoms with E-state index in [1.165, 1.54) is 6.20 Å². The Bertz CT molecular complexity index is 652. The average molecular weight is 301 g/mol. The Balaban J connectivity index is 1.89. The lowest BCUT2D eigenvalue weighted by Gasteiger charge is -2.28. The smallest absolute Gasteiger partial charge is 0.274 e. The first-order valence-electron chi connectivity index (χ1n) is 7.28. The molecule has 3 heterocycles. The number of hydrogen-bond donors (Lipinski definition) is 0. The van der Waals surface area contributed by atoms with Gasteiger partial charge in [0.25, 0.3) is 5.91 Å². The van der Waals surface area contributed by atoms with Gasteiger partial charge in [-0.3, -0.25) is 14.5 Å². The number of aryl methyl sites for hydroxylation is 2. The Kier molecular flexibility index (Phi) is 4.15. The lowest BCUT2D eigenvalue weighted by Crippen LogP contribution is -2.42. The summed E-state index contributed by atoms with van der Waals surface area (Å²) in [6.07, 6.45) is 5.71. The zero-order valence-electron chi connectivity index (χ0n) is 12.8. The maximum atomic E-state index is 12.8. The van der Waals surface area contributed by atoms with Gasteiger partial charge in [0.2, 0.25) is 0 Å². The second-order valence-corrected chi connectivity index (χ2v) is 5.42. The molecule has 116 valence electrons. The molecule has 7 heteroatoms. The highest BCUT2D eigenvalue weighted by atomic mass is 16.5. The first-order chi connectivity index (χ1) is 10.7. The maximum Gasteiger partial charge on any atom is 0.274 e. The number of carbonyl (C=O) groups excluding carboxylic acids is 1. The van der Waals surface area contributed by atoms with Crippen LogP contribution in [-0.2, 0) is 17.8 Å². The van der Waals surface area contributed by atoms with E-state index in [-0.39, 0.29) is 11.9 Å². The predicted octanol–water partition coefficient (Wildman–Crippen LogP) is 1.04. The first kappa shape index (κ1) is 14.6. The molecule has 7 nitrogen and oxygen atoms in total. The van der Waals surface area contributed by atoms with E-state index >= 15 is 0 Å². The fourth-order valence-electron chi connectivity index (χ4n) is 2.68. The van der Waals surface area contributed by atoms with Crippen molar-refractivity contribution in [1.29, 1.82) is 0 Å². The molecule has 0 saturated heterocycles. The van der Waals surface area contributed by atoms with Gasteiger partial charge in [0.05, 0.1) is 36.8 Å². The van der Waals surface area contributed by atoms with Crippen LogP contribution >= 0.6 is 0 Å². The van der Waals surface area contributed by atoms with Gasteiger partial charge in [0.15, 0.2) is 0 Å². The molecule has 2 aromatic rings.